The van der Waals surface area contributed by atoms with E-state index in [1.807, 2.05) is 0 Å². The van der Waals surface area contributed by atoms with Gasteiger partial charge in [-0.1, -0.05) is 11.6 Å². The van der Waals surface area contributed by atoms with Crippen LogP contribution in [0.2, 0.25) is 5.02 Å². The molecule has 1 amide bonds. The molecule has 0 heterocycles. The van der Waals surface area contributed by atoms with Crippen molar-refractivity contribution in [2.45, 2.75) is 38.5 Å². The lowest BCUT2D eigenvalue weighted by Gasteiger charge is -2.30. The fraction of sp³-hybridized carbons (Fsp3) is 0.708. The third-order valence-corrected chi connectivity index (χ3v) is 6.28. The number of unbranched alkanes of at least 4 members (excludes halogenated alkanes) is 1. The second-order valence-corrected chi connectivity index (χ2v) is 9.10. The Morgan fingerprint density at radius 3 is 2.25 bits per heavy atom. The van der Waals surface area contributed by atoms with Gasteiger partial charge in [0, 0.05) is 44.9 Å². The molecular formula is C24H39ClN2O5. The molecule has 2 N–H and O–H groups in total. The van der Waals surface area contributed by atoms with Crippen molar-refractivity contribution in [1.29, 1.82) is 0 Å². The Hall–Kier alpha value is -1.38. The minimum atomic E-state index is -0.339. The van der Waals surface area contributed by atoms with Gasteiger partial charge in [-0.15, -0.1) is 0 Å². The maximum Gasteiger partial charge on any atom is 0.414 e. The van der Waals surface area contributed by atoms with Gasteiger partial charge in [-0.2, -0.15) is 0 Å². The van der Waals surface area contributed by atoms with Gasteiger partial charge in [-0.3, -0.25) is 4.90 Å². The van der Waals surface area contributed by atoms with Gasteiger partial charge in [-0.05, 0) is 81.2 Å². The number of hydrogen-bond acceptors (Lipinski definition) is 6. The Morgan fingerprint density at radius 1 is 1.00 bits per heavy atom. The predicted molar refractivity (Wildman–Crippen MR) is 126 cm³/mol. The summed E-state index contributed by atoms with van der Waals surface area (Å²) in [4.78, 5) is 16.0. The van der Waals surface area contributed by atoms with E-state index < -0.39 is 0 Å². The first-order valence-corrected chi connectivity index (χ1v) is 12.1. The Labute approximate surface area is 197 Å². The van der Waals surface area contributed by atoms with Crippen LogP contribution in [0.5, 0.6) is 5.75 Å². The summed E-state index contributed by atoms with van der Waals surface area (Å²) in [5.41, 5.74) is 0. The number of carbonyl (C=O) groups is 1. The highest BCUT2D eigenvalue weighted by Gasteiger charge is 2.24. The average Bonchev–Trinajstić information content (AvgIpc) is 2.79. The molecule has 0 spiro atoms. The van der Waals surface area contributed by atoms with Crippen LogP contribution in [0.4, 0.5) is 4.79 Å². The first-order valence-electron chi connectivity index (χ1n) is 11.7. The van der Waals surface area contributed by atoms with Gasteiger partial charge in [-0.25, -0.2) is 4.79 Å². The van der Waals surface area contributed by atoms with E-state index in [0.29, 0.717) is 42.2 Å². The van der Waals surface area contributed by atoms with Crippen LogP contribution in [0.15, 0.2) is 24.3 Å². The molecule has 1 aromatic rings. The summed E-state index contributed by atoms with van der Waals surface area (Å²) in [5, 5.41) is 18.7. The third kappa shape index (κ3) is 10.5. The van der Waals surface area contributed by atoms with Crippen molar-refractivity contribution in [1.82, 2.24) is 9.80 Å². The molecule has 1 aliphatic carbocycles. The number of benzene rings is 1. The molecule has 7 nitrogen and oxygen atoms in total. The number of rotatable bonds is 14. The highest BCUT2D eigenvalue weighted by molar-refractivity contribution is 6.30. The average molecular weight is 471 g/mol. The Balaban J connectivity index is 1.54. The third-order valence-electron chi connectivity index (χ3n) is 6.03. The van der Waals surface area contributed by atoms with Crippen molar-refractivity contribution in [2.24, 2.45) is 11.8 Å². The molecule has 8 heteroatoms. The molecule has 0 bridgehead atoms. The van der Waals surface area contributed by atoms with E-state index in [1.54, 1.807) is 36.2 Å². The number of aliphatic hydroxyl groups is 2. The van der Waals surface area contributed by atoms with Crippen LogP contribution >= 0.6 is 11.6 Å². The smallest absolute Gasteiger partial charge is 0.410 e. The summed E-state index contributed by atoms with van der Waals surface area (Å²) in [5.74, 6) is 1.59. The zero-order valence-electron chi connectivity index (χ0n) is 19.3. The molecule has 1 aliphatic rings. The molecule has 0 aromatic heterocycles. The van der Waals surface area contributed by atoms with Gasteiger partial charge in [0.2, 0.25) is 0 Å². The molecule has 1 saturated carbocycles. The highest BCUT2D eigenvalue weighted by atomic mass is 35.5. The molecule has 0 radical (unpaired) electrons. The second-order valence-electron chi connectivity index (χ2n) is 8.66. The van der Waals surface area contributed by atoms with Crippen molar-refractivity contribution >= 4 is 17.7 Å². The van der Waals surface area contributed by atoms with E-state index in [2.05, 4.69) is 4.90 Å². The summed E-state index contributed by atoms with van der Waals surface area (Å²) in [6, 6.07) is 6.80. The first-order chi connectivity index (χ1) is 15.5. The van der Waals surface area contributed by atoms with Gasteiger partial charge in [0.1, 0.15) is 5.75 Å². The molecule has 0 aliphatic heterocycles. The summed E-state index contributed by atoms with van der Waals surface area (Å²) in [6.07, 6.45) is 6.12. The summed E-state index contributed by atoms with van der Waals surface area (Å²) in [6.45, 7) is 4.61. The molecule has 1 fully saturated rings. The van der Waals surface area contributed by atoms with Crippen LogP contribution < -0.4 is 4.74 Å². The lowest BCUT2D eigenvalue weighted by molar-refractivity contribution is 0.0696. The number of aliphatic hydroxyl groups excluding tert-OH is 2. The van der Waals surface area contributed by atoms with Gasteiger partial charge in [0.15, 0.2) is 0 Å². The second kappa shape index (κ2) is 15.5. The Morgan fingerprint density at radius 2 is 1.62 bits per heavy atom. The van der Waals surface area contributed by atoms with Crippen LogP contribution in [0.25, 0.3) is 0 Å². The van der Waals surface area contributed by atoms with Crippen molar-refractivity contribution in [3.05, 3.63) is 29.3 Å². The number of nitrogens with zero attached hydrogens (tertiary/aromatic N) is 2. The lowest BCUT2D eigenvalue weighted by atomic mass is 9.82. The summed E-state index contributed by atoms with van der Waals surface area (Å²) < 4.78 is 11.3. The topological polar surface area (TPSA) is 82.5 Å². The molecule has 182 valence electrons. The standard InChI is InChI=1S/C24H39ClN2O5/c1-26(24(30)32-23-10-8-22(25)9-11-23)18-20-4-6-21(7-5-20)19-31-17-3-2-12-27(13-15-28)14-16-29/h8-11,20-21,28-29H,2-7,12-19H2,1H3. The number of halogens is 1. The predicted octanol–water partition coefficient (Wildman–Crippen LogP) is 3.66. The van der Waals surface area contributed by atoms with E-state index in [0.717, 1.165) is 58.3 Å². The van der Waals surface area contributed by atoms with E-state index in [4.69, 9.17) is 31.3 Å². The molecule has 2 rings (SSSR count). The van der Waals surface area contributed by atoms with Gasteiger partial charge in [0.05, 0.1) is 13.2 Å². The molecule has 1 aromatic carbocycles. The zero-order chi connectivity index (χ0) is 23.2. The Bertz CT molecular complexity index is 632. The van der Waals surface area contributed by atoms with Gasteiger partial charge < -0.3 is 24.6 Å². The summed E-state index contributed by atoms with van der Waals surface area (Å²) >= 11 is 5.86. The van der Waals surface area contributed by atoms with Gasteiger partial charge in [0.25, 0.3) is 0 Å². The minimum absolute atomic E-state index is 0.124. The number of ether oxygens (including phenoxy) is 2. The molecule has 32 heavy (non-hydrogen) atoms. The first kappa shape index (κ1) is 26.9. The van der Waals surface area contributed by atoms with Crippen molar-refractivity contribution in [3.8, 4) is 5.75 Å². The molecule has 0 atom stereocenters. The fourth-order valence-corrected chi connectivity index (χ4v) is 4.26. The summed E-state index contributed by atoms with van der Waals surface area (Å²) in [7, 11) is 1.79. The normalized spacial score (nSPS) is 18.7. The van der Waals surface area contributed by atoms with E-state index >= 15 is 0 Å². The molecule has 0 unspecified atom stereocenters. The fourth-order valence-electron chi connectivity index (χ4n) is 4.13. The zero-order valence-corrected chi connectivity index (χ0v) is 20.0. The largest absolute Gasteiger partial charge is 0.414 e. The van der Waals surface area contributed by atoms with Crippen LogP contribution in [0, 0.1) is 11.8 Å². The Kier molecular flexibility index (Phi) is 13.0. The molecule has 0 saturated heterocycles. The van der Waals surface area contributed by atoms with Crippen LogP contribution in [-0.4, -0.2) is 85.8 Å². The monoisotopic (exact) mass is 470 g/mol. The van der Waals surface area contributed by atoms with Crippen molar-refractivity contribution in [3.63, 3.8) is 0 Å². The van der Waals surface area contributed by atoms with E-state index in [9.17, 15) is 4.79 Å². The van der Waals surface area contributed by atoms with Crippen molar-refractivity contribution < 1.29 is 24.5 Å². The number of amides is 1. The van der Waals surface area contributed by atoms with Crippen LogP contribution in [0.3, 0.4) is 0 Å². The lowest BCUT2D eigenvalue weighted by Crippen LogP contribution is -2.35. The minimum Gasteiger partial charge on any atom is -0.410 e. The maximum atomic E-state index is 12.3. The van der Waals surface area contributed by atoms with E-state index in [1.165, 1.54) is 0 Å². The van der Waals surface area contributed by atoms with Crippen LogP contribution in [-0.2, 0) is 4.74 Å². The quantitative estimate of drug-likeness (QED) is 0.404. The van der Waals surface area contributed by atoms with Gasteiger partial charge >= 0.3 is 6.09 Å². The van der Waals surface area contributed by atoms with Crippen molar-refractivity contribution in [2.75, 3.05) is 59.7 Å². The number of hydrogen-bond donors (Lipinski definition) is 2. The van der Waals surface area contributed by atoms with E-state index in [-0.39, 0.29) is 19.3 Å². The van der Waals surface area contributed by atoms with Crippen LogP contribution in [0.1, 0.15) is 38.5 Å². The SMILES string of the molecule is CN(CC1CCC(COCCCCN(CCO)CCO)CC1)C(=O)Oc1ccc(Cl)cc1. The molecular weight excluding hydrogens is 432 g/mol. The highest BCUT2D eigenvalue weighted by Crippen LogP contribution is 2.29. The maximum absolute atomic E-state index is 12.3. The number of carbonyl (C=O) groups excluding carboxylic acids is 1.